The molecule has 1 aliphatic heterocycles. The Bertz CT molecular complexity index is 688. The van der Waals surface area contributed by atoms with Gasteiger partial charge >= 0.3 is 6.55 Å². The number of sulfonamides is 1. The van der Waals surface area contributed by atoms with E-state index >= 15 is 0 Å². The highest BCUT2D eigenvalue weighted by atomic mass is 32.2. The molecule has 0 bridgehead atoms. The van der Waals surface area contributed by atoms with E-state index < -0.39 is 16.6 Å². The van der Waals surface area contributed by atoms with Crippen LogP contribution in [0.2, 0.25) is 0 Å². The van der Waals surface area contributed by atoms with Crippen LogP contribution in [0.1, 0.15) is 29.9 Å². The highest BCUT2D eigenvalue weighted by molar-refractivity contribution is 7.89. The molecule has 1 aliphatic rings. The van der Waals surface area contributed by atoms with E-state index in [1.165, 1.54) is 11.2 Å². The molecule has 0 aliphatic carbocycles. The van der Waals surface area contributed by atoms with E-state index in [2.05, 4.69) is 10.4 Å². The van der Waals surface area contributed by atoms with Gasteiger partial charge in [0.2, 0.25) is 15.9 Å². The van der Waals surface area contributed by atoms with Crippen molar-refractivity contribution in [3.8, 4) is 0 Å². The second-order valence-corrected chi connectivity index (χ2v) is 7.56. The van der Waals surface area contributed by atoms with Gasteiger partial charge < -0.3 is 5.32 Å². The summed E-state index contributed by atoms with van der Waals surface area (Å²) in [4.78, 5) is 11.9. The normalized spacial score (nSPS) is 17.8. The molecule has 1 fully saturated rings. The summed E-state index contributed by atoms with van der Waals surface area (Å²) >= 11 is 0. The van der Waals surface area contributed by atoms with Crippen LogP contribution in [0.25, 0.3) is 0 Å². The summed E-state index contributed by atoms with van der Waals surface area (Å²) in [5.41, 5.74) is 1.12. The van der Waals surface area contributed by atoms with Crippen LogP contribution in [0.5, 0.6) is 0 Å². The van der Waals surface area contributed by atoms with Gasteiger partial charge in [0.25, 0.3) is 0 Å². The lowest BCUT2D eigenvalue weighted by atomic mass is 10.1. The number of nitrogens with zero attached hydrogens (tertiary/aromatic N) is 3. The van der Waals surface area contributed by atoms with Crippen molar-refractivity contribution in [1.82, 2.24) is 19.4 Å². The fraction of sp³-hybridized carbons (Fsp3) is 0.692. The van der Waals surface area contributed by atoms with Gasteiger partial charge in [-0.25, -0.2) is 17.4 Å². The van der Waals surface area contributed by atoms with Gasteiger partial charge in [0.1, 0.15) is 0 Å². The number of alkyl halides is 2. The van der Waals surface area contributed by atoms with E-state index in [0.29, 0.717) is 28.9 Å². The SMILES string of the molecule is Cc1nn(C(F)F)c(C)c1CC(=O)NCCN1CCCS1(=O)=O. The summed E-state index contributed by atoms with van der Waals surface area (Å²) in [5.74, 6) is -0.201. The van der Waals surface area contributed by atoms with Crippen LogP contribution >= 0.6 is 0 Å². The second-order valence-electron chi connectivity index (χ2n) is 5.47. The van der Waals surface area contributed by atoms with Crippen molar-refractivity contribution in [2.75, 3.05) is 25.4 Å². The summed E-state index contributed by atoms with van der Waals surface area (Å²) in [6, 6.07) is 0. The number of carbonyl (C=O) groups is 1. The maximum absolute atomic E-state index is 12.7. The Morgan fingerprint density at radius 2 is 2.09 bits per heavy atom. The van der Waals surface area contributed by atoms with Crippen LogP contribution in [0.15, 0.2) is 0 Å². The molecule has 23 heavy (non-hydrogen) atoms. The van der Waals surface area contributed by atoms with Gasteiger partial charge in [0.15, 0.2) is 0 Å². The molecule has 1 aromatic rings. The smallest absolute Gasteiger partial charge is 0.333 e. The second kappa shape index (κ2) is 6.91. The minimum atomic E-state index is -3.18. The lowest BCUT2D eigenvalue weighted by Crippen LogP contribution is -2.36. The monoisotopic (exact) mass is 350 g/mol. The van der Waals surface area contributed by atoms with Crippen LogP contribution in [0, 0.1) is 13.8 Å². The van der Waals surface area contributed by atoms with Crippen molar-refractivity contribution >= 4 is 15.9 Å². The van der Waals surface area contributed by atoms with E-state index in [1.807, 2.05) is 0 Å². The van der Waals surface area contributed by atoms with Crippen LogP contribution in [0.4, 0.5) is 8.78 Å². The molecule has 1 saturated heterocycles. The number of amides is 1. The first-order valence-electron chi connectivity index (χ1n) is 7.29. The molecule has 130 valence electrons. The molecule has 10 heteroatoms. The number of aromatic nitrogens is 2. The van der Waals surface area contributed by atoms with Crippen molar-refractivity contribution in [3.63, 3.8) is 0 Å². The average molecular weight is 350 g/mol. The first-order valence-corrected chi connectivity index (χ1v) is 8.90. The number of nitrogens with one attached hydrogen (secondary N) is 1. The molecule has 7 nitrogen and oxygen atoms in total. The lowest BCUT2D eigenvalue weighted by molar-refractivity contribution is -0.120. The summed E-state index contributed by atoms with van der Waals surface area (Å²) in [6.45, 7) is 1.21. The Morgan fingerprint density at radius 3 is 2.61 bits per heavy atom. The zero-order chi connectivity index (χ0) is 17.2. The van der Waals surface area contributed by atoms with Gasteiger partial charge in [-0.3, -0.25) is 4.79 Å². The maximum atomic E-state index is 12.7. The molecule has 1 N–H and O–H groups in total. The first-order chi connectivity index (χ1) is 10.7. The highest BCUT2D eigenvalue weighted by Gasteiger charge is 2.27. The van der Waals surface area contributed by atoms with E-state index in [9.17, 15) is 22.0 Å². The molecule has 1 aromatic heterocycles. The minimum absolute atomic E-state index is 0.0584. The molecule has 2 heterocycles. The zero-order valence-electron chi connectivity index (χ0n) is 13.1. The molecule has 1 amide bonds. The van der Waals surface area contributed by atoms with E-state index in [0.717, 1.165) is 0 Å². The zero-order valence-corrected chi connectivity index (χ0v) is 13.9. The van der Waals surface area contributed by atoms with Crippen molar-refractivity contribution in [2.24, 2.45) is 0 Å². The Kier molecular flexibility index (Phi) is 5.35. The van der Waals surface area contributed by atoms with Crippen LogP contribution in [-0.2, 0) is 21.2 Å². The minimum Gasteiger partial charge on any atom is -0.354 e. The fourth-order valence-corrected chi connectivity index (χ4v) is 4.16. The third kappa shape index (κ3) is 4.05. The molecule has 0 radical (unpaired) electrons. The number of hydrogen-bond acceptors (Lipinski definition) is 4. The number of hydrogen-bond donors (Lipinski definition) is 1. The van der Waals surface area contributed by atoms with Crippen LogP contribution < -0.4 is 5.32 Å². The Labute approximate surface area is 133 Å². The van der Waals surface area contributed by atoms with Gasteiger partial charge in [0, 0.05) is 30.9 Å². The molecule has 0 aromatic carbocycles. The number of carbonyl (C=O) groups excluding carboxylic acids is 1. The predicted molar refractivity (Wildman–Crippen MR) is 79.6 cm³/mol. The third-order valence-corrected chi connectivity index (χ3v) is 5.84. The highest BCUT2D eigenvalue weighted by Crippen LogP contribution is 2.19. The summed E-state index contributed by atoms with van der Waals surface area (Å²) in [7, 11) is -3.18. The van der Waals surface area contributed by atoms with Crippen molar-refractivity contribution in [1.29, 1.82) is 0 Å². The number of halogens is 2. The van der Waals surface area contributed by atoms with Crippen LogP contribution in [0.3, 0.4) is 0 Å². The quantitative estimate of drug-likeness (QED) is 0.814. The van der Waals surface area contributed by atoms with Crippen molar-refractivity contribution in [3.05, 3.63) is 17.0 Å². The van der Waals surface area contributed by atoms with Gasteiger partial charge in [-0.2, -0.15) is 13.9 Å². The first kappa shape index (κ1) is 17.8. The van der Waals surface area contributed by atoms with Crippen molar-refractivity contribution in [2.45, 2.75) is 33.2 Å². The number of rotatable bonds is 6. The van der Waals surface area contributed by atoms with E-state index in [1.54, 1.807) is 6.92 Å². The van der Waals surface area contributed by atoms with E-state index in [4.69, 9.17) is 0 Å². The summed E-state index contributed by atoms with van der Waals surface area (Å²) < 4.78 is 50.7. The van der Waals surface area contributed by atoms with Gasteiger partial charge in [0.05, 0.1) is 17.9 Å². The molecule has 0 unspecified atom stereocenters. The van der Waals surface area contributed by atoms with Crippen LogP contribution in [-0.4, -0.2) is 53.8 Å². The molecule has 0 atom stereocenters. The maximum Gasteiger partial charge on any atom is 0.333 e. The summed E-state index contributed by atoms with van der Waals surface area (Å²) in [5, 5.41) is 6.34. The summed E-state index contributed by atoms with van der Waals surface area (Å²) in [6.07, 6.45) is 0.540. The van der Waals surface area contributed by atoms with Crippen molar-refractivity contribution < 1.29 is 22.0 Å². The Morgan fingerprint density at radius 1 is 1.39 bits per heavy atom. The van der Waals surface area contributed by atoms with E-state index in [-0.39, 0.29) is 36.9 Å². The Hall–Kier alpha value is -1.55. The van der Waals surface area contributed by atoms with Gasteiger partial charge in [-0.15, -0.1) is 0 Å². The molecule has 2 rings (SSSR count). The molecule has 0 saturated carbocycles. The topological polar surface area (TPSA) is 84.3 Å². The molecule has 0 spiro atoms. The molecular weight excluding hydrogens is 330 g/mol. The predicted octanol–water partition coefficient (Wildman–Crippen LogP) is 0.589. The lowest BCUT2D eigenvalue weighted by Gasteiger charge is -2.14. The van der Waals surface area contributed by atoms with Gasteiger partial charge in [-0.1, -0.05) is 0 Å². The Balaban J connectivity index is 1.88. The average Bonchev–Trinajstić information content (AvgIpc) is 2.92. The standard InChI is InChI=1S/C13H20F2N4O3S/c1-9-11(10(2)19(17-9)13(14)15)8-12(20)16-4-6-18-5-3-7-23(18,21)22/h13H,3-8H2,1-2H3,(H,16,20). The fourth-order valence-electron chi connectivity index (χ4n) is 2.63. The number of aryl methyl sites for hydroxylation is 1. The molecular formula is C13H20F2N4O3S. The van der Waals surface area contributed by atoms with Gasteiger partial charge in [-0.05, 0) is 20.3 Å². The third-order valence-electron chi connectivity index (χ3n) is 3.88. The largest absolute Gasteiger partial charge is 0.354 e.